The van der Waals surface area contributed by atoms with Gasteiger partial charge in [-0.15, -0.1) is 0 Å². The predicted molar refractivity (Wildman–Crippen MR) is 88.0 cm³/mol. The Kier molecular flexibility index (Phi) is 3.47. The van der Waals surface area contributed by atoms with E-state index in [1.165, 1.54) is 0 Å². The summed E-state index contributed by atoms with van der Waals surface area (Å²) in [6, 6.07) is 10.7. The summed E-state index contributed by atoms with van der Waals surface area (Å²) < 4.78 is 8.04. The maximum atomic E-state index is 8.95. The van der Waals surface area contributed by atoms with Crippen LogP contribution in [0.25, 0.3) is 21.9 Å². The topological polar surface area (TPSA) is 63.7 Å². The zero-order chi connectivity index (χ0) is 15.8. The number of benzene rings is 1. The lowest BCUT2D eigenvalue weighted by Gasteiger charge is -2.30. The van der Waals surface area contributed by atoms with Gasteiger partial charge in [-0.3, -0.25) is 4.98 Å². The first kappa shape index (κ1) is 14.2. The van der Waals surface area contributed by atoms with Crippen LogP contribution in [0.3, 0.4) is 0 Å². The number of para-hydroxylation sites is 1. The largest absolute Gasteiger partial charge is 0.377 e. The second-order valence-electron chi connectivity index (χ2n) is 6.07. The fourth-order valence-electron chi connectivity index (χ4n) is 3.63. The Morgan fingerprint density at radius 1 is 1.35 bits per heavy atom. The molecule has 0 saturated carbocycles. The lowest BCUT2D eigenvalue weighted by molar-refractivity contribution is -0.00192. The van der Waals surface area contributed by atoms with Crippen LogP contribution in [-0.4, -0.2) is 27.2 Å². The molecule has 1 fully saturated rings. The number of hydrogen-bond acceptors (Lipinski definition) is 4. The van der Waals surface area contributed by atoms with Crippen molar-refractivity contribution < 1.29 is 4.74 Å². The summed E-state index contributed by atoms with van der Waals surface area (Å²) >= 11 is 0. The fraction of sp³-hybridized carbons (Fsp3) is 0.389. The van der Waals surface area contributed by atoms with Crippen molar-refractivity contribution in [1.82, 2.24) is 14.5 Å². The molecule has 0 unspecified atom stereocenters. The highest BCUT2D eigenvalue weighted by Gasteiger charge is 2.26. The number of imidazole rings is 1. The minimum Gasteiger partial charge on any atom is -0.377 e. The monoisotopic (exact) mass is 306 g/mol. The first-order chi connectivity index (χ1) is 11.3. The quantitative estimate of drug-likeness (QED) is 0.726. The van der Waals surface area contributed by atoms with Gasteiger partial charge in [0.05, 0.1) is 35.8 Å². The summed E-state index contributed by atoms with van der Waals surface area (Å²) in [5.41, 5.74) is 3.07. The molecular weight excluding hydrogens is 288 g/mol. The number of nitrogens with zero attached hydrogens (tertiary/aromatic N) is 4. The third-order valence-electron chi connectivity index (χ3n) is 4.62. The first-order valence-corrected chi connectivity index (χ1v) is 7.98. The van der Waals surface area contributed by atoms with E-state index >= 15 is 0 Å². The molecule has 0 aliphatic carbocycles. The first-order valence-electron chi connectivity index (χ1n) is 7.98. The van der Waals surface area contributed by atoms with Crippen LogP contribution in [0.15, 0.2) is 30.5 Å². The Hall–Kier alpha value is -2.45. The van der Waals surface area contributed by atoms with Crippen molar-refractivity contribution >= 4 is 21.9 Å². The molecule has 2 aromatic heterocycles. The zero-order valence-electron chi connectivity index (χ0n) is 13.1. The summed E-state index contributed by atoms with van der Waals surface area (Å²) in [5.74, 6) is 1.00. The van der Waals surface area contributed by atoms with Crippen LogP contribution in [0.2, 0.25) is 0 Å². The van der Waals surface area contributed by atoms with Gasteiger partial charge >= 0.3 is 0 Å². The zero-order valence-corrected chi connectivity index (χ0v) is 13.1. The predicted octanol–water partition coefficient (Wildman–Crippen LogP) is 3.53. The molecule has 1 saturated heterocycles. The van der Waals surface area contributed by atoms with Crippen molar-refractivity contribution in [2.75, 3.05) is 6.61 Å². The highest BCUT2D eigenvalue weighted by atomic mass is 16.5. The third-order valence-corrected chi connectivity index (χ3v) is 4.62. The van der Waals surface area contributed by atoms with Crippen LogP contribution in [0.1, 0.15) is 31.1 Å². The molecule has 2 atom stereocenters. The van der Waals surface area contributed by atoms with Crippen molar-refractivity contribution in [1.29, 1.82) is 5.26 Å². The van der Waals surface area contributed by atoms with Crippen LogP contribution in [0.5, 0.6) is 0 Å². The van der Waals surface area contributed by atoms with E-state index in [2.05, 4.69) is 21.7 Å². The van der Waals surface area contributed by atoms with Gasteiger partial charge in [0.15, 0.2) is 0 Å². The molecule has 0 radical (unpaired) electrons. The second-order valence-corrected chi connectivity index (χ2v) is 6.07. The van der Waals surface area contributed by atoms with Crippen molar-refractivity contribution in [3.63, 3.8) is 0 Å². The Balaban J connectivity index is 1.87. The summed E-state index contributed by atoms with van der Waals surface area (Å²) in [7, 11) is 0. The number of ether oxygens (including phenoxy) is 1. The third kappa shape index (κ3) is 2.36. The van der Waals surface area contributed by atoms with Gasteiger partial charge in [0.1, 0.15) is 11.3 Å². The molecule has 0 spiro atoms. The molecule has 1 aliphatic heterocycles. The molecule has 116 valence electrons. The van der Waals surface area contributed by atoms with Crippen molar-refractivity contribution in [3.05, 3.63) is 36.3 Å². The molecule has 0 amide bonds. The van der Waals surface area contributed by atoms with Crippen molar-refractivity contribution in [2.24, 2.45) is 0 Å². The maximum absolute atomic E-state index is 8.95. The van der Waals surface area contributed by atoms with E-state index in [9.17, 15) is 0 Å². The van der Waals surface area contributed by atoms with Crippen LogP contribution in [0.4, 0.5) is 0 Å². The minimum atomic E-state index is 0.0173. The fourth-order valence-corrected chi connectivity index (χ4v) is 3.63. The van der Waals surface area contributed by atoms with Gasteiger partial charge in [-0.2, -0.15) is 5.26 Å². The van der Waals surface area contributed by atoms with Gasteiger partial charge in [-0.05, 0) is 25.8 Å². The SMILES string of the molecule is Cc1nc2cnc3ccccc3c2n1[C@H]1CCO[C@@H](CC#N)C1. The minimum absolute atomic E-state index is 0.0173. The van der Waals surface area contributed by atoms with E-state index in [4.69, 9.17) is 15.0 Å². The molecular formula is C18H18N4O. The Labute approximate surface area is 134 Å². The van der Waals surface area contributed by atoms with E-state index < -0.39 is 0 Å². The van der Waals surface area contributed by atoms with Crippen LogP contribution in [0, 0.1) is 18.3 Å². The Morgan fingerprint density at radius 2 is 2.22 bits per heavy atom. The van der Waals surface area contributed by atoms with E-state index in [1.54, 1.807) is 0 Å². The molecule has 0 N–H and O–H groups in total. The second kappa shape index (κ2) is 5.64. The highest BCUT2D eigenvalue weighted by molar-refractivity contribution is 6.02. The number of pyridine rings is 1. The van der Waals surface area contributed by atoms with Gasteiger partial charge in [0.2, 0.25) is 0 Å². The molecule has 1 aliphatic rings. The standard InChI is InChI=1S/C18H18N4O/c1-12-21-17-11-20-16-5-3-2-4-15(16)18(17)22(12)13-7-9-23-14(10-13)6-8-19/h2-5,11,13-14H,6-7,9-10H2,1H3/t13-,14-/m0/s1. The summed E-state index contributed by atoms with van der Waals surface area (Å²) in [5, 5.41) is 10.1. The molecule has 5 nitrogen and oxygen atoms in total. The molecule has 0 bridgehead atoms. The van der Waals surface area contributed by atoms with E-state index in [-0.39, 0.29) is 6.10 Å². The van der Waals surface area contributed by atoms with Gasteiger partial charge in [0, 0.05) is 18.0 Å². The summed E-state index contributed by atoms with van der Waals surface area (Å²) in [6.45, 7) is 2.74. The van der Waals surface area contributed by atoms with E-state index in [0.717, 1.165) is 40.6 Å². The number of aromatic nitrogens is 3. The van der Waals surface area contributed by atoms with Crippen molar-refractivity contribution in [2.45, 2.75) is 38.3 Å². The number of nitriles is 1. The molecule has 23 heavy (non-hydrogen) atoms. The molecule has 3 heterocycles. The molecule has 5 heteroatoms. The van der Waals surface area contributed by atoms with Crippen LogP contribution >= 0.6 is 0 Å². The number of rotatable bonds is 2. The maximum Gasteiger partial charge on any atom is 0.108 e. The van der Waals surface area contributed by atoms with Crippen LogP contribution in [-0.2, 0) is 4.74 Å². The van der Waals surface area contributed by atoms with E-state index in [1.807, 2.05) is 31.3 Å². The lowest BCUT2D eigenvalue weighted by Crippen LogP contribution is -2.28. The van der Waals surface area contributed by atoms with Crippen molar-refractivity contribution in [3.8, 4) is 6.07 Å². The molecule has 3 aromatic rings. The Morgan fingerprint density at radius 3 is 3.09 bits per heavy atom. The molecule has 1 aromatic carbocycles. The normalized spacial score (nSPS) is 21.6. The summed E-state index contributed by atoms with van der Waals surface area (Å²) in [4.78, 5) is 9.21. The van der Waals surface area contributed by atoms with E-state index in [0.29, 0.717) is 19.1 Å². The van der Waals surface area contributed by atoms with Gasteiger partial charge in [-0.25, -0.2) is 4.98 Å². The number of fused-ring (bicyclic) bond motifs is 3. The average Bonchev–Trinajstić information content (AvgIpc) is 2.92. The van der Waals surface area contributed by atoms with Crippen LogP contribution < -0.4 is 0 Å². The highest BCUT2D eigenvalue weighted by Crippen LogP contribution is 2.33. The van der Waals surface area contributed by atoms with Gasteiger partial charge < -0.3 is 9.30 Å². The molecule has 4 rings (SSSR count). The number of aryl methyl sites for hydroxylation is 1. The lowest BCUT2D eigenvalue weighted by atomic mass is 10.0. The average molecular weight is 306 g/mol. The smallest absolute Gasteiger partial charge is 0.108 e. The number of hydrogen-bond donors (Lipinski definition) is 0. The Bertz CT molecular complexity index is 908. The van der Waals surface area contributed by atoms with Gasteiger partial charge in [0.25, 0.3) is 0 Å². The summed E-state index contributed by atoms with van der Waals surface area (Å²) in [6.07, 6.45) is 4.13. The van der Waals surface area contributed by atoms with Gasteiger partial charge in [-0.1, -0.05) is 18.2 Å².